The van der Waals surface area contributed by atoms with Gasteiger partial charge in [0.05, 0.1) is 21.3 Å². The minimum Gasteiger partial charge on any atom is -0.493 e. The Labute approximate surface area is 155 Å². The maximum Gasteiger partial charge on any atom is 0.271 e. The summed E-state index contributed by atoms with van der Waals surface area (Å²) in [7, 11) is 4.51. The van der Waals surface area contributed by atoms with E-state index in [4.69, 9.17) is 14.2 Å². The van der Waals surface area contributed by atoms with Crippen molar-refractivity contribution < 1.29 is 19.0 Å². The fourth-order valence-corrected chi connectivity index (χ4v) is 2.21. The number of carbonyl (C=O) groups excluding carboxylic acids is 1. The van der Waals surface area contributed by atoms with Crippen LogP contribution in [0.25, 0.3) is 0 Å². The largest absolute Gasteiger partial charge is 0.493 e. The minimum absolute atomic E-state index is 0.362. The molecule has 1 amide bonds. The molecule has 1 aromatic carbocycles. The number of ether oxygens (including phenoxy) is 3. The summed E-state index contributed by atoms with van der Waals surface area (Å²) >= 11 is 0. The predicted molar refractivity (Wildman–Crippen MR) is 104 cm³/mol. The summed E-state index contributed by atoms with van der Waals surface area (Å²) in [5.74, 6) is 0.896. The van der Waals surface area contributed by atoms with Crippen molar-refractivity contribution in [3.05, 3.63) is 41.0 Å². The zero-order valence-electron chi connectivity index (χ0n) is 16.4. The lowest BCUT2D eigenvalue weighted by Gasteiger charge is -2.13. The number of hydrogen-bond donors (Lipinski definition) is 1. The fraction of sp³-hybridized carbons (Fsp3) is 0.400. The molecule has 0 unspecified atom stereocenters. The van der Waals surface area contributed by atoms with Crippen molar-refractivity contribution >= 4 is 12.1 Å². The molecule has 0 saturated heterocycles. The maximum absolute atomic E-state index is 12.3. The molecule has 0 fully saturated rings. The second-order valence-electron chi connectivity index (χ2n) is 5.97. The van der Waals surface area contributed by atoms with Crippen LogP contribution in [-0.4, -0.2) is 33.5 Å². The summed E-state index contributed by atoms with van der Waals surface area (Å²) in [5.41, 5.74) is 5.35. The molecule has 1 rings (SSSR count). The van der Waals surface area contributed by atoms with E-state index in [2.05, 4.69) is 30.5 Å². The van der Waals surface area contributed by atoms with E-state index < -0.39 is 0 Å². The van der Waals surface area contributed by atoms with Gasteiger partial charge in [-0.05, 0) is 51.8 Å². The molecule has 26 heavy (non-hydrogen) atoms. The lowest BCUT2D eigenvalue weighted by molar-refractivity contribution is 0.0954. The minimum atomic E-state index is -0.365. The standard InChI is InChI=1S/C20H28N2O4/c1-14(2)8-7-9-15(3)10-11-21-22-20(23)16-12-17(24-4)19(26-6)18(13-16)25-5/h8,10-13H,7,9H2,1-6H3,(H,22,23)/b15-10+,21-11+. The van der Waals surface area contributed by atoms with Gasteiger partial charge in [0.1, 0.15) is 0 Å². The third-order valence-electron chi connectivity index (χ3n) is 3.62. The van der Waals surface area contributed by atoms with Crippen molar-refractivity contribution in [2.75, 3.05) is 21.3 Å². The average molecular weight is 360 g/mol. The molecule has 1 N–H and O–H groups in total. The molecule has 0 aliphatic heterocycles. The van der Waals surface area contributed by atoms with Crippen LogP contribution in [0.3, 0.4) is 0 Å². The Bertz CT molecular complexity index is 677. The molecular weight excluding hydrogens is 332 g/mol. The summed E-state index contributed by atoms with van der Waals surface area (Å²) in [6, 6.07) is 3.15. The second-order valence-corrected chi connectivity index (χ2v) is 5.97. The second kappa shape index (κ2) is 11.0. The Kier molecular flexibility index (Phi) is 8.98. The SMILES string of the molecule is COc1cc(C(=O)N/N=C/C=C(\C)CCC=C(C)C)cc(OC)c1OC. The van der Waals surface area contributed by atoms with Crippen molar-refractivity contribution in [2.24, 2.45) is 5.10 Å². The van der Waals surface area contributed by atoms with Gasteiger partial charge in [-0.25, -0.2) is 5.43 Å². The van der Waals surface area contributed by atoms with E-state index >= 15 is 0 Å². The molecule has 0 aliphatic rings. The molecule has 0 radical (unpaired) electrons. The molecule has 142 valence electrons. The molecule has 0 aliphatic carbocycles. The van der Waals surface area contributed by atoms with E-state index in [1.807, 2.05) is 13.0 Å². The Morgan fingerprint density at radius 3 is 2.19 bits per heavy atom. The van der Waals surface area contributed by atoms with Crippen LogP contribution >= 0.6 is 0 Å². The van der Waals surface area contributed by atoms with Crippen molar-refractivity contribution in [2.45, 2.75) is 33.6 Å². The first-order chi connectivity index (χ1) is 12.4. The third-order valence-corrected chi connectivity index (χ3v) is 3.62. The van der Waals surface area contributed by atoms with Crippen LogP contribution in [0.2, 0.25) is 0 Å². The summed E-state index contributed by atoms with van der Waals surface area (Å²) < 4.78 is 15.7. The van der Waals surface area contributed by atoms with Crippen molar-refractivity contribution in [1.29, 1.82) is 0 Å². The van der Waals surface area contributed by atoms with Crippen molar-refractivity contribution in [1.82, 2.24) is 5.43 Å². The molecule has 0 aromatic heterocycles. The molecule has 0 heterocycles. The van der Waals surface area contributed by atoms with Crippen molar-refractivity contribution in [3.63, 3.8) is 0 Å². The number of amides is 1. The van der Waals surface area contributed by atoms with E-state index in [1.54, 1.807) is 18.3 Å². The summed E-state index contributed by atoms with van der Waals surface area (Å²) in [6.07, 6.45) is 7.61. The zero-order valence-corrected chi connectivity index (χ0v) is 16.4. The number of hydrogen-bond acceptors (Lipinski definition) is 5. The highest BCUT2D eigenvalue weighted by Crippen LogP contribution is 2.38. The van der Waals surface area contributed by atoms with Gasteiger partial charge in [0, 0.05) is 11.8 Å². The summed E-state index contributed by atoms with van der Waals surface area (Å²) in [6.45, 7) is 6.20. The van der Waals surface area contributed by atoms with Crippen LogP contribution in [0.5, 0.6) is 17.2 Å². The van der Waals surface area contributed by atoms with E-state index in [-0.39, 0.29) is 5.91 Å². The Hall–Kier alpha value is -2.76. The van der Waals surface area contributed by atoms with Crippen LogP contribution in [0, 0.1) is 0 Å². The van der Waals surface area contributed by atoms with E-state index in [1.165, 1.54) is 32.5 Å². The van der Waals surface area contributed by atoms with Gasteiger partial charge >= 0.3 is 0 Å². The lowest BCUT2D eigenvalue weighted by atomic mass is 10.1. The van der Waals surface area contributed by atoms with Crippen LogP contribution in [-0.2, 0) is 0 Å². The van der Waals surface area contributed by atoms with Crippen molar-refractivity contribution in [3.8, 4) is 17.2 Å². The van der Waals surface area contributed by atoms with Crippen LogP contribution in [0.15, 0.2) is 40.5 Å². The Balaban J connectivity index is 2.75. The first-order valence-electron chi connectivity index (χ1n) is 8.35. The fourth-order valence-electron chi connectivity index (χ4n) is 2.21. The number of methoxy groups -OCH3 is 3. The van der Waals surface area contributed by atoms with E-state index in [0.29, 0.717) is 22.8 Å². The van der Waals surface area contributed by atoms with Crippen LogP contribution < -0.4 is 19.6 Å². The predicted octanol–water partition coefficient (Wildman–Crippen LogP) is 4.12. The number of carbonyl (C=O) groups is 1. The maximum atomic E-state index is 12.3. The molecule has 6 nitrogen and oxygen atoms in total. The molecule has 0 saturated carbocycles. The van der Waals surface area contributed by atoms with E-state index in [9.17, 15) is 4.79 Å². The first-order valence-corrected chi connectivity index (χ1v) is 8.35. The number of nitrogens with zero attached hydrogens (tertiary/aromatic N) is 1. The van der Waals surface area contributed by atoms with Gasteiger partial charge in [0.2, 0.25) is 5.75 Å². The zero-order chi connectivity index (χ0) is 19.5. The molecule has 0 spiro atoms. The smallest absolute Gasteiger partial charge is 0.271 e. The Morgan fingerprint density at radius 2 is 1.69 bits per heavy atom. The van der Waals surface area contributed by atoms with Gasteiger partial charge in [0.15, 0.2) is 11.5 Å². The third kappa shape index (κ3) is 6.63. The Morgan fingerprint density at radius 1 is 1.08 bits per heavy atom. The number of benzene rings is 1. The molecule has 0 bridgehead atoms. The highest BCUT2D eigenvalue weighted by Gasteiger charge is 2.16. The normalized spacial score (nSPS) is 11.2. The molecule has 0 atom stereocenters. The highest BCUT2D eigenvalue weighted by molar-refractivity contribution is 5.96. The first kappa shape index (κ1) is 21.3. The van der Waals surface area contributed by atoms with Gasteiger partial charge in [-0.3, -0.25) is 4.79 Å². The lowest BCUT2D eigenvalue weighted by Crippen LogP contribution is -2.17. The molecular formula is C20H28N2O4. The van der Waals surface area contributed by atoms with Crippen LogP contribution in [0.1, 0.15) is 44.0 Å². The number of rotatable bonds is 9. The van der Waals surface area contributed by atoms with Gasteiger partial charge in [-0.1, -0.05) is 17.2 Å². The summed E-state index contributed by atoms with van der Waals surface area (Å²) in [5, 5.41) is 3.96. The van der Waals surface area contributed by atoms with Gasteiger partial charge < -0.3 is 14.2 Å². The highest BCUT2D eigenvalue weighted by atomic mass is 16.5. The van der Waals surface area contributed by atoms with Gasteiger partial charge in [-0.2, -0.15) is 5.10 Å². The average Bonchev–Trinajstić information content (AvgIpc) is 2.63. The number of allylic oxidation sites excluding steroid dienone is 4. The number of nitrogens with one attached hydrogen (secondary N) is 1. The monoisotopic (exact) mass is 360 g/mol. The molecule has 6 heteroatoms. The summed E-state index contributed by atoms with van der Waals surface area (Å²) in [4.78, 5) is 12.3. The van der Waals surface area contributed by atoms with E-state index in [0.717, 1.165) is 12.8 Å². The van der Waals surface area contributed by atoms with Gasteiger partial charge in [-0.15, -0.1) is 0 Å². The topological polar surface area (TPSA) is 69.2 Å². The number of hydrazone groups is 1. The van der Waals surface area contributed by atoms with Gasteiger partial charge in [0.25, 0.3) is 5.91 Å². The molecule has 1 aromatic rings. The van der Waals surface area contributed by atoms with Crippen LogP contribution in [0.4, 0.5) is 0 Å². The quantitative estimate of drug-likeness (QED) is 0.408.